The fourth-order valence-corrected chi connectivity index (χ4v) is 4.40. The van der Waals surface area contributed by atoms with Crippen LogP contribution in [0.15, 0.2) is 78.3 Å². The quantitative estimate of drug-likeness (QED) is 0.311. The number of hydrogen-bond donors (Lipinski definition) is 1. The average Bonchev–Trinajstić information content (AvgIpc) is 3.17. The summed E-state index contributed by atoms with van der Waals surface area (Å²) in [7, 11) is 1.66. The number of imidazole rings is 1. The molecule has 0 amide bonds. The number of ether oxygens (including phenoxy) is 1. The van der Waals surface area contributed by atoms with Gasteiger partial charge in [-0.3, -0.25) is 4.40 Å². The van der Waals surface area contributed by atoms with Gasteiger partial charge in [0.25, 0.3) is 0 Å². The summed E-state index contributed by atoms with van der Waals surface area (Å²) in [4.78, 5) is 5.81. The van der Waals surface area contributed by atoms with E-state index < -0.39 is 0 Å². The van der Waals surface area contributed by atoms with E-state index in [9.17, 15) is 0 Å². The van der Waals surface area contributed by atoms with Crippen LogP contribution in [0.2, 0.25) is 0 Å². The molecule has 4 nitrogen and oxygen atoms in total. The molecule has 0 atom stereocenters. The number of nitrogens with one attached hydrogen (secondary N) is 1. The zero-order valence-electron chi connectivity index (χ0n) is 17.8. The van der Waals surface area contributed by atoms with E-state index in [-0.39, 0.29) is 0 Å². The molecule has 156 valence electrons. The van der Waals surface area contributed by atoms with Crippen molar-refractivity contribution < 1.29 is 4.74 Å². The van der Waals surface area contributed by atoms with Gasteiger partial charge in [-0.05, 0) is 59.3 Å². The van der Waals surface area contributed by atoms with Crippen LogP contribution in [-0.2, 0) is 0 Å². The number of anilines is 2. The van der Waals surface area contributed by atoms with Crippen molar-refractivity contribution in [1.29, 1.82) is 0 Å². The lowest BCUT2D eigenvalue weighted by Crippen LogP contribution is -1.98. The first-order chi connectivity index (χ1) is 15.7. The summed E-state index contributed by atoms with van der Waals surface area (Å²) in [5.74, 6) is 4.43. The van der Waals surface area contributed by atoms with Crippen molar-refractivity contribution in [1.82, 2.24) is 9.38 Å². The molecule has 0 saturated heterocycles. The molecule has 5 heteroatoms. The lowest BCUT2D eigenvalue weighted by molar-refractivity contribution is 0.415. The summed E-state index contributed by atoms with van der Waals surface area (Å²) in [6, 6.07) is 22.3. The normalized spacial score (nSPS) is 10.8. The molecule has 0 radical (unpaired) electrons. The summed E-state index contributed by atoms with van der Waals surface area (Å²) >= 11 is 1.60. The number of nitrogens with zero attached hydrogens (tertiary/aromatic N) is 2. The summed E-state index contributed by atoms with van der Waals surface area (Å²) in [5, 5.41) is 5.49. The Morgan fingerprint density at radius 2 is 1.84 bits per heavy atom. The van der Waals surface area contributed by atoms with Gasteiger partial charge < -0.3 is 10.1 Å². The van der Waals surface area contributed by atoms with Crippen LogP contribution >= 0.6 is 11.3 Å². The van der Waals surface area contributed by atoms with Gasteiger partial charge >= 0.3 is 0 Å². The zero-order chi connectivity index (χ0) is 22.1. The highest BCUT2D eigenvalue weighted by Crippen LogP contribution is 2.37. The van der Waals surface area contributed by atoms with Crippen LogP contribution in [0.25, 0.3) is 27.3 Å². The second-order valence-electron chi connectivity index (χ2n) is 7.49. The number of rotatable bonds is 4. The van der Waals surface area contributed by atoms with Crippen LogP contribution in [0.4, 0.5) is 11.5 Å². The maximum absolute atomic E-state index is 5.68. The Balaban J connectivity index is 0.000000306. The molecule has 0 unspecified atom stereocenters. The fourth-order valence-electron chi connectivity index (χ4n) is 3.55. The lowest BCUT2D eigenvalue weighted by Gasteiger charge is -2.10. The minimum atomic E-state index is 0.794. The third kappa shape index (κ3) is 3.84. The number of thiophene rings is 1. The van der Waals surface area contributed by atoms with Crippen molar-refractivity contribution in [3.8, 4) is 39.8 Å². The monoisotopic (exact) mass is 435 g/mol. The van der Waals surface area contributed by atoms with Crippen molar-refractivity contribution in [2.75, 3.05) is 12.4 Å². The maximum Gasteiger partial charge on any atom is 0.144 e. The number of terminal acetylenes is 1. The summed E-state index contributed by atoms with van der Waals surface area (Å²) < 4.78 is 7.39. The molecule has 3 aromatic heterocycles. The molecule has 1 aromatic carbocycles. The Labute approximate surface area is 191 Å². The molecule has 0 aliphatic heterocycles. The second-order valence-corrected chi connectivity index (χ2v) is 8.41. The molecule has 6 rings (SSSR count). The minimum absolute atomic E-state index is 0.794. The van der Waals surface area contributed by atoms with Crippen LogP contribution in [0.1, 0.15) is 11.1 Å². The number of aromatic nitrogens is 2. The number of fused-ring (bicyclic) bond motifs is 2. The van der Waals surface area contributed by atoms with Gasteiger partial charge in [0.2, 0.25) is 0 Å². The number of methoxy groups -OCH3 is 1. The molecular weight excluding hydrogens is 414 g/mol. The van der Waals surface area contributed by atoms with Gasteiger partial charge in [-0.15, -0.1) is 17.8 Å². The summed E-state index contributed by atoms with van der Waals surface area (Å²) in [6.07, 6.45) is 7.74. The van der Waals surface area contributed by atoms with Crippen molar-refractivity contribution in [2.45, 2.75) is 6.92 Å². The third-order valence-electron chi connectivity index (χ3n) is 5.25. The van der Waals surface area contributed by atoms with E-state index in [1.165, 1.54) is 11.1 Å². The topological polar surface area (TPSA) is 38.6 Å². The molecule has 0 bridgehead atoms. The van der Waals surface area contributed by atoms with Crippen molar-refractivity contribution in [3.63, 3.8) is 0 Å². The highest BCUT2D eigenvalue weighted by Gasteiger charge is 2.18. The maximum atomic E-state index is 5.68. The first-order valence-electron chi connectivity index (χ1n) is 10.2. The predicted octanol–water partition coefficient (Wildman–Crippen LogP) is 6.77. The average molecular weight is 436 g/mol. The number of pyridine rings is 1. The Morgan fingerprint density at radius 1 is 1.03 bits per heavy atom. The van der Waals surface area contributed by atoms with Crippen LogP contribution in [0.5, 0.6) is 5.75 Å². The largest absolute Gasteiger partial charge is 0.497 e. The van der Waals surface area contributed by atoms with Crippen LogP contribution < -0.4 is 10.1 Å². The van der Waals surface area contributed by atoms with E-state index in [1.54, 1.807) is 18.4 Å². The van der Waals surface area contributed by atoms with Gasteiger partial charge in [-0.25, -0.2) is 4.98 Å². The number of benzene rings is 2. The first-order valence-corrected chi connectivity index (χ1v) is 11.1. The Kier molecular flexibility index (Phi) is 5.14. The smallest absolute Gasteiger partial charge is 0.144 e. The van der Waals surface area contributed by atoms with Gasteiger partial charge in [0, 0.05) is 23.5 Å². The molecule has 3 heterocycles. The second kappa shape index (κ2) is 8.26. The number of aryl methyl sites for hydroxylation is 1. The molecular formula is C27H21N3OS. The lowest BCUT2D eigenvalue weighted by atomic mass is 10.2. The highest BCUT2D eigenvalue weighted by atomic mass is 32.1. The van der Waals surface area contributed by atoms with E-state index in [0.29, 0.717) is 0 Å². The van der Waals surface area contributed by atoms with Gasteiger partial charge in [0.05, 0.1) is 12.0 Å². The summed E-state index contributed by atoms with van der Waals surface area (Å²) in [6.45, 7) is 2.06. The zero-order valence-corrected chi connectivity index (χ0v) is 18.6. The van der Waals surface area contributed by atoms with Gasteiger partial charge in [0.1, 0.15) is 22.9 Å². The SMILES string of the molecule is C#Cc1ccsc1-c1nc2ccc(C)cn2c1Nc1cccc(OC)c1.c1cc2cc-2c1. The first kappa shape index (κ1) is 19.9. The summed E-state index contributed by atoms with van der Waals surface area (Å²) in [5.41, 5.74) is 7.49. The Morgan fingerprint density at radius 3 is 2.53 bits per heavy atom. The van der Waals surface area contributed by atoms with E-state index >= 15 is 0 Å². The van der Waals surface area contributed by atoms with E-state index in [1.807, 2.05) is 41.8 Å². The standard InChI is InChI=1S/C21H17N3OS.C6H4/c1-4-15-10-11-26-20(15)19-21(22-16-6-5-7-17(12-16)25-3)24-13-14(2)8-9-18(24)23-19;1-2-5-4-6(5)3-1/h1,5-13,22H,2-3H3;1-4H. The fraction of sp³-hybridized carbons (Fsp3) is 0.0741. The molecule has 0 spiro atoms. The van der Waals surface area contributed by atoms with Crippen LogP contribution in [0, 0.1) is 19.3 Å². The minimum Gasteiger partial charge on any atom is -0.497 e. The molecule has 0 saturated carbocycles. The van der Waals surface area contributed by atoms with E-state index in [4.69, 9.17) is 16.1 Å². The van der Waals surface area contributed by atoms with Crippen molar-refractivity contribution >= 4 is 28.5 Å². The van der Waals surface area contributed by atoms with E-state index in [0.717, 1.165) is 44.6 Å². The highest BCUT2D eigenvalue weighted by molar-refractivity contribution is 7.13. The number of hydrogen-bond acceptors (Lipinski definition) is 4. The van der Waals surface area contributed by atoms with E-state index in [2.05, 4.69) is 59.1 Å². The van der Waals surface area contributed by atoms with Gasteiger partial charge in [-0.1, -0.05) is 36.3 Å². The molecule has 4 aromatic rings. The molecule has 0 fully saturated rings. The molecule has 1 N–H and O–H groups in total. The molecule has 2 aliphatic rings. The molecule has 2 aliphatic carbocycles. The third-order valence-corrected chi connectivity index (χ3v) is 6.17. The Hall–Kier alpha value is -4.01. The molecule has 32 heavy (non-hydrogen) atoms. The predicted molar refractivity (Wildman–Crippen MR) is 133 cm³/mol. The van der Waals surface area contributed by atoms with Crippen molar-refractivity contribution in [3.05, 3.63) is 89.4 Å². The van der Waals surface area contributed by atoms with Crippen LogP contribution in [-0.4, -0.2) is 16.5 Å². The van der Waals surface area contributed by atoms with Gasteiger partial charge in [-0.2, -0.15) is 0 Å². The Bertz CT molecular complexity index is 1450. The van der Waals surface area contributed by atoms with Crippen LogP contribution in [0.3, 0.4) is 0 Å². The van der Waals surface area contributed by atoms with Gasteiger partial charge in [0.15, 0.2) is 0 Å². The van der Waals surface area contributed by atoms with Crippen molar-refractivity contribution in [2.24, 2.45) is 0 Å².